The maximum Gasteiger partial charge on any atom is 0.114 e. The van der Waals surface area contributed by atoms with Crippen LogP contribution in [0.1, 0.15) is 6.42 Å². The van der Waals surface area contributed by atoms with E-state index in [-0.39, 0.29) is 12.6 Å². The lowest BCUT2D eigenvalue weighted by Crippen LogP contribution is -2.28. The van der Waals surface area contributed by atoms with Crippen molar-refractivity contribution in [3.63, 3.8) is 0 Å². The Hall–Kier alpha value is -0.220. The number of alkyl halides is 1. The maximum absolute atomic E-state index is 12.5. The summed E-state index contributed by atoms with van der Waals surface area (Å²) in [6.07, 6.45) is -0.425. The average Bonchev–Trinajstić information content (AvgIpc) is 2.13. The Morgan fingerprint density at radius 3 is 2.80 bits per heavy atom. The summed E-state index contributed by atoms with van der Waals surface area (Å²) in [6, 6.07) is -0.0833. The summed E-state index contributed by atoms with van der Waals surface area (Å²) >= 11 is 0. The number of hydrogen-bond acceptors (Lipinski definition) is 2. The molecule has 10 heavy (non-hydrogen) atoms. The quantitative estimate of drug-likeness (QED) is 0.582. The van der Waals surface area contributed by atoms with Gasteiger partial charge in [-0.1, -0.05) is 0 Å². The highest BCUT2D eigenvalue weighted by Crippen LogP contribution is 2.18. The van der Waals surface area contributed by atoms with Crippen molar-refractivity contribution >= 4 is 0 Å². The molecule has 0 N–H and O–H groups in total. The van der Waals surface area contributed by atoms with Crippen molar-refractivity contribution in [3.8, 4) is 0 Å². The van der Waals surface area contributed by atoms with Crippen molar-refractivity contribution < 1.29 is 13.9 Å². The van der Waals surface area contributed by atoms with Crippen molar-refractivity contribution in [1.29, 1.82) is 0 Å². The Morgan fingerprint density at radius 2 is 2.40 bits per heavy atom. The van der Waals surface area contributed by atoms with Crippen LogP contribution in [0.5, 0.6) is 0 Å². The number of nitrogens with zero attached hydrogens (tertiary/aromatic N) is 1. The predicted molar refractivity (Wildman–Crippen MR) is 33.0 cm³/mol. The van der Waals surface area contributed by atoms with Gasteiger partial charge in [-0.2, -0.15) is 4.94 Å². The molecule has 1 aliphatic rings. The minimum absolute atomic E-state index is 0.0169. The van der Waals surface area contributed by atoms with Gasteiger partial charge in [0.1, 0.15) is 12.8 Å². The van der Waals surface area contributed by atoms with E-state index < -0.39 is 6.17 Å². The first-order valence-corrected chi connectivity index (χ1v) is 3.32. The molecule has 2 atom stereocenters. The van der Waals surface area contributed by atoms with Gasteiger partial charge in [0.2, 0.25) is 0 Å². The lowest BCUT2D eigenvalue weighted by molar-refractivity contribution is -0.145. The van der Waals surface area contributed by atoms with Gasteiger partial charge in [-0.05, 0) is 18.0 Å². The second-order valence-electron chi connectivity index (χ2n) is 2.70. The molecule has 0 amide bonds. The Bertz CT molecular complexity index is 112. The molecule has 0 aromatic carbocycles. The summed E-state index contributed by atoms with van der Waals surface area (Å²) in [5.41, 5.74) is 0. The lowest BCUT2D eigenvalue weighted by Gasteiger charge is -2.15. The monoisotopic (exact) mass is 151 g/mol. The van der Waals surface area contributed by atoms with E-state index >= 15 is 0 Å². The summed E-state index contributed by atoms with van der Waals surface area (Å²) < 4.78 is 23.8. The van der Waals surface area contributed by atoms with Gasteiger partial charge in [0.15, 0.2) is 0 Å². The van der Waals surface area contributed by atoms with Crippen molar-refractivity contribution in [2.75, 3.05) is 20.2 Å². The Balaban J connectivity index is 2.31. The molecule has 0 aromatic heterocycles. The van der Waals surface area contributed by atoms with Crippen LogP contribution in [-0.4, -0.2) is 37.3 Å². The summed E-state index contributed by atoms with van der Waals surface area (Å²) in [7, 11) is 1.77. The van der Waals surface area contributed by atoms with Crippen molar-refractivity contribution in [2.24, 2.45) is 0 Å². The molecule has 1 saturated heterocycles. The number of rotatable bonds is 2. The first-order chi connectivity index (χ1) is 4.74. The molecule has 0 saturated carbocycles. The first kappa shape index (κ1) is 7.88. The molecule has 2 nitrogen and oxygen atoms in total. The zero-order valence-electron chi connectivity index (χ0n) is 5.89. The number of halogens is 2. The van der Waals surface area contributed by atoms with Crippen LogP contribution in [0.2, 0.25) is 0 Å². The predicted octanol–water partition coefficient (Wildman–Crippen LogP) is 0.930. The van der Waals surface area contributed by atoms with Crippen molar-refractivity contribution in [1.82, 2.24) is 4.90 Å². The molecule has 4 heteroatoms. The first-order valence-electron chi connectivity index (χ1n) is 3.32. The van der Waals surface area contributed by atoms with Crippen LogP contribution in [0, 0.1) is 0 Å². The molecule has 2 unspecified atom stereocenters. The van der Waals surface area contributed by atoms with Crippen LogP contribution in [-0.2, 0) is 4.94 Å². The highest BCUT2D eigenvalue weighted by Gasteiger charge is 2.29. The van der Waals surface area contributed by atoms with Gasteiger partial charge >= 0.3 is 0 Å². The van der Waals surface area contributed by atoms with E-state index in [0.717, 1.165) is 0 Å². The van der Waals surface area contributed by atoms with E-state index in [2.05, 4.69) is 4.94 Å². The highest BCUT2D eigenvalue weighted by atomic mass is 19.3. The van der Waals surface area contributed by atoms with E-state index in [4.69, 9.17) is 0 Å². The Kier molecular flexibility index (Phi) is 2.56. The van der Waals surface area contributed by atoms with Gasteiger partial charge in [0.25, 0.3) is 0 Å². The van der Waals surface area contributed by atoms with Crippen LogP contribution in [0.25, 0.3) is 0 Å². The fourth-order valence-corrected chi connectivity index (χ4v) is 1.28. The van der Waals surface area contributed by atoms with Crippen LogP contribution in [0.3, 0.4) is 0 Å². The normalized spacial score (nSPS) is 35.1. The molecule has 0 spiro atoms. The molecule has 0 bridgehead atoms. The van der Waals surface area contributed by atoms with Crippen LogP contribution in [0.15, 0.2) is 0 Å². The van der Waals surface area contributed by atoms with Crippen molar-refractivity contribution in [3.05, 3.63) is 0 Å². The number of likely N-dealkylation sites (tertiary alicyclic amines) is 1. The lowest BCUT2D eigenvalue weighted by atomic mass is 10.2. The third-order valence-corrected chi connectivity index (χ3v) is 1.89. The third-order valence-electron chi connectivity index (χ3n) is 1.89. The highest BCUT2D eigenvalue weighted by molar-refractivity contribution is 4.82. The van der Waals surface area contributed by atoms with E-state index in [0.29, 0.717) is 13.0 Å². The summed E-state index contributed by atoms with van der Waals surface area (Å²) in [6.45, 7) is 0.380. The summed E-state index contributed by atoms with van der Waals surface area (Å²) in [5.74, 6) is 0. The fraction of sp³-hybridized carbons (Fsp3) is 1.00. The van der Waals surface area contributed by atoms with Crippen LogP contribution in [0.4, 0.5) is 8.92 Å². The second-order valence-corrected chi connectivity index (χ2v) is 2.70. The SMILES string of the molecule is CN1CC(F)CC1COF. The van der Waals surface area contributed by atoms with Crippen LogP contribution < -0.4 is 0 Å². The summed E-state index contributed by atoms with van der Waals surface area (Å²) in [4.78, 5) is 5.20. The van der Waals surface area contributed by atoms with Gasteiger partial charge in [-0.25, -0.2) is 4.39 Å². The molecule has 0 radical (unpaired) electrons. The smallest absolute Gasteiger partial charge is 0.114 e. The molecule has 1 heterocycles. The molecule has 60 valence electrons. The van der Waals surface area contributed by atoms with E-state index in [1.807, 2.05) is 0 Å². The van der Waals surface area contributed by atoms with Gasteiger partial charge in [-0.3, -0.25) is 4.90 Å². The minimum atomic E-state index is -0.815. The van der Waals surface area contributed by atoms with E-state index in [1.165, 1.54) is 0 Å². The van der Waals surface area contributed by atoms with Crippen molar-refractivity contribution in [2.45, 2.75) is 18.6 Å². The average molecular weight is 151 g/mol. The Labute approximate surface area is 58.7 Å². The van der Waals surface area contributed by atoms with Gasteiger partial charge in [0.05, 0.1) is 0 Å². The summed E-state index contributed by atoms with van der Waals surface area (Å²) in [5, 5.41) is 0. The standard InChI is InChI=1S/C6H11F2NO/c1-9-3-5(7)2-6(9)4-10-8/h5-6H,2-4H2,1H3. The topological polar surface area (TPSA) is 12.5 Å². The van der Waals surface area contributed by atoms with Crippen LogP contribution >= 0.6 is 0 Å². The molecule has 0 aromatic rings. The Morgan fingerprint density at radius 1 is 1.70 bits per heavy atom. The zero-order valence-corrected chi connectivity index (χ0v) is 5.89. The second kappa shape index (κ2) is 3.25. The molecular weight excluding hydrogens is 140 g/mol. The van der Waals surface area contributed by atoms with Gasteiger partial charge in [0, 0.05) is 12.6 Å². The third kappa shape index (κ3) is 1.64. The number of hydrogen-bond donors (Lipinski definition) is 0. The molecule has 0 aliphatic carbocycles. The maximum atomic E-state index is 12.5. The molecular formula is C6H11F2NO. The van der Waals surface area contributed by atoms with E-state index in [1.54, 1.807) is 11.9 Å². The zero-order chi connectivity index (χ0) is 7.56. The molecule has 1 rings (SSSR count). The molecule has 1 fully saturated rings. The van der Waals surface area contributed by atoms with Gasteiger partial charge < -0.3 is 0 Å². The number of likely N-dealkylation sites (N-methyl/N-ethyl adjacent to an activating group) is 1. The largest absolute Gasteiger partial charge is 0.298 e. The van der Waals surface area contributed by atoms with E-state index in [9.17, 15) is 8.92 Å². The molecule has 1 aliphatic heterocycles. The minimum Gasteiger partial charge on any atom is -0.298 e. The van der Waals surface area contributed by atoms with Gasteiger partial charge in [-0.15, -0.1) is 0 Å². The fourth-order valence-electron chi connectivity index (χ4n) is 1.28.